The molecular formula is C18H22F3N7O. The average Bonchev–Trinajstić information content (AvgIpc) is 3.30. The van der Waals surface area contributed by atoms with Crippen LogP contribution in [0.4, 0.5) is 30.6 Å². The first-order valence-corrected chi connectivity index (χ1v) is 9.44. The standard InChI is InChI=1S/C18H22F3N7O/c1-9-14-15(27(3)10(2)16(29)24-14)25-17(22-9)23-11-4-5-12(8-11)28-7-6-13(26-28)18(19,20)21/h6-7,10-12H,4-5,8H2,1-3H3,(H,24,29)(H,22,23,25)/t10-,11-,12-/m0/s1. The summed E-state index contributed by atoms with van der Waals surface area (Å²) in [4.78, 5) is 22.8. The fraction of sp³-hybridized carbons (Fsp3) is 0.556. The van der Waals surface area contributed by atoms with Gasteiger partial charge in [-0.15, -0.1) is 0 Å². The molecule has 2 N–H and O–H groups in total. The van der Waals surface area contributed by atoms with Gasteiger partial charge in [-0.1, -0.05) is 0 Å². The topological polar surface area (TPSA) is 88.0 Å². The molecule has 0 unspecified atom stereocenters. The molecule has 1 amide bonds. The van der Waals surface area contributed by atoms with Gasteiger partial charge in [0.25, 0.3) is 0 Å². The third kappa shape index (κ3) is 3.60. The van der Waals surface area contributed by atoms with Gasteiger partial charge in [0, 0.05) is 19.3 Å². The molecule has 1 aliphatic heterocycles. The lowest BCUT2D eigenvalue weighted by Crippen LogP contribution is -2.45. The highest BCUT2D eigenvalue weighted by molar-refractivity contribution is 6.03. The van der Waals surface area contributed by atoms with Crippen molar-refractivity contribution in [2.75, 3.05) is 22.6 Å². The Kier molecular flexibility index (Phi) is 4.62. The number of carbonyl (C=O) groups is 1. The first-order valence-electron chi connectivity index (χ1n) is 9.44. The maximum absolute atomic E-state index is 12.8. The summed E-state index contributed by atoms with van der Waals surface area (Å²) in [5, 5.41) is 9.81. The van der Waals surface area contributed by atoms with E-state index >= 15 is 0 Å². The van der Waals surface area contributed by atoms with E-state index in [0.29, 0.717) is 36.0 Å². The molecule has 1 saturated carbocycles. The largest absolute Gasteiger partial charge is 0.435 e. The Morgan fingerprint density at radius 2 is 2.03 bits per heavy atom. The van der Waals surface area contributed by atoms with Gasteiger partial charge in [-0.2, -0.15) is 23.3 Å². The van der Waals surface area contributed by atoms with E-state index < -0.39 is 11.9 Å². The van der Waals surface area contributed by atoms with Crippen LogP contribution in [0.15, 0.2) is 12.3 Å². The fourth-order valence-electron chi connectivity index (χ4n) is 3.82. The molecule has 4 rings (SSSR count). The van der Waals surface area contributed by atoms with Crippen LogP contribution in [0, 0.1) is 6.92 Å². The number of hydrogen-bond donors (Lipinski definition) is 2. The zero-order chi connectivity index (χ0) is 20.9. The summed E-state index contributed by atoms with van der Waals surface area (Å²) in [5.74, 6) is 0.977. The monoisotopic (exact) mass is 409 g/mol. The van der Waals surface area contributed by atoms with Crippen LogP contribution < -0.4 is 15.5 Å². The number of rotatable bonds is 3. The van der Waals surface area contributed by atoms with Gasteiger partial charge in [-0.3, -0.25) is 9.48 Å². The smallest absolute Gasteiger partial charge is 0.351 e. The summed E-state index contributed by atoms with van der Waals surface area (Å²) in [7, 11) is 1.81. The van der Waals surface area contributed by atoms with Gasteiger partial charge in [0.05, 0.1) is 11.7 Å². The Bertz CT molecular complexity index is 942. The number of amides is 1. The minimum atomic E-state index is -4.44. The van der Waals surface area contributed by atoms with Gasteiger partial charge in [0.1, 0.15) is 11.7 Å². The SMILES string of the molecule is Cc1nc(N[C@H]2CC[C@H](n3ccc(C(F)(F)F)n3)C2)nc2c1NC(=O)[C@H](C)N2C. The van der Waals surface area contributed by atoms with Gasteiger partial charge < -0.3 is 15.5 Å². The molecule has 1 aliphatic carbocycles. The number of nitrogens with one attached hydrogen (secondary N) is 2. The van der Waals surface area contributed by atoms with Gasteiger partial charge in [0.15, 0.2) is 11.5 Å². The van der Waals surface area contributed by atoms with Crippen molar-refractivity contribution in [2.24, 2.45) is 0 Å². The number of fused-ring (bicyclic) bond motifs is 1. The van der Waals surface area contributed by atoms with Crippen molar-refractivity contribution in [3.05, 3.63) is 23.7 Å². The Hall–Kier alpha value is -2.85. The Labute approximate surface area is 165 Å². The lowest BCUT2D eigenvalue weighted by Gasteiger charge is -2.32. The van der Waals surface area contributed by atoms with E-state index in [1.807, 2.05) is 0 Å². The highest BCUT2D eigenvalue weighted by atomic mass is 19.4. The number of aryl methyl sites for hydroxylation is 1. The zero-order valence-corrected chi connectivity index (χ0v) is 16.3. The van der Waals surface area contributed by atoms with Crippen LogP contribution in [0.5, 0.6) is 0 Å². The lowest BCUT2D eigenvalue weighted by molar-refractivity contribution is -0.141. The highest BCUT2D eigenvalue weighted by Gasteiger charge is 2.35. The first-order chi connectivity index (χ1) is 13.6. The van der Waals surface area contributed by atoms with Crippen LogP contribution in [-0.4, -0.2) is 44.8 Å². The quantitative estimate of drug-likeness (QED) is 0.811. The summed E-state index contributed by atoms with van der Waals surface area (Å²) in [6.07, 6.45) is -0.938. The number of likely N-dealkylation sites (N-methyl/N-ethyl adjacent to an activating group) is 1. The first kappa shape index (κ1) is 19.5. The molecule has 0 saturated heterocycles. The predicted molar refractivity (Wildman–Crippen MR) is 101 cm³/mol. The molecule has 3 heterocycles. The molecular weight excluding hydrogens is 387 g/mol. The minimum absolute atomic E-state index is 0.0249. The highest BCUT2D eigenvalue weighted by Crippen LogP contribution is 2.35. The number of nitrogens with zero attached hydrogens (tertiary/aromatic N) is 5. The molecule has 0 radical (unpaired) electrons. The van der Waals surface area contributed by atoms with Crippen LogP contribution in [0.1, 0.15) is 43.6 Å². The molecule has 11 heteroatoms. The van der Waals surface area contributed by atoms with E-state index in [-0.39, 0.29) is 24.0 Å². The Morgan fingerprint density at radius 1 is 1.28 bits per heavy atom. The molecule has 29 heavy (non-hydrogen) atoms. The summed E-state index contributed by atoms with van der Waals surface area (Å²) in [5.41, 5.74) is 0.379. The predicted octanol–water partition coefficient (Wildman–Crippen LogP) is 2.98. The van der Waals surface area contributed by atoms with E-state index in [9.17, 15) is 18.0 Å². The Balaban J connectivity index is 1.48. The normalized spacial score (nSPS) is 24.4. The van der Waals surface area contributed by atoms with E-state index in [0.717, 1.165) is 12.5 Å². The van der Waals surface area contributed by atoms with Crippen molar-refractivity contribution in [1.29, 1.82) is 0 Å². The molecule has 8 nitrogen and oxygen atoms in total. The van der Waals surface area contributed by atoms with Crippen molar-refractivity contribution in [1.82, 2.24) is 19.7 Å². The number of carbonyl (C=O) groups excluding carboxylic acids is 1. The van der Waals surface area contributed by atoms with Gasteiger partial charge in [0.2, 0.25) is 11.9 Å². The molecule has 0 bridgehead atoms. The van der Waals surface area contributed by atoms with E-state index in [1.165, 1.54) is 10.9 Å². The van der Waals surface area contributed by atoms with E-state index in [1.54, 1.807) is 25.8 Å². The number of anilines is 3. The second kappa shape index (κ2) is 6.89. The molecule has 1 fully saturated rings. The minimum Gasteiger partial charge on any atom is -0.351 e. The van der Waals surface area contributed by atoms with Crippen molar-refractivity contribution in [2.45, 2.75) is 57.4 Å². The fourth-order valence-corrected chi connectivity index (χ4v) is 3.82. The number of aromatic nitrogens is 4. The van der Waals surface area contributed by atoms with Crippen LogP contribution in [-0.2, 0) is 11.0 Å². The average molecular weight is 409 g/mol. The van der Waals surface area contributed by atoms with Crippen LogP contribution >= 0.6 is 0 Å². The molecule has 156 valence electrons. The lowest BCUT2D eigenvalue weighted by atomic mass is 10.2. The van der Waals surface area contributed by atoms with Gasteiger partial charge >= 0.3 is 6.18 Å². The Morgan fingerprint density at radius 3 is 2.72 bits per heavy atom. The van der Waals surface area contributed by atoms with Crippen molar-refractivity contribution < 1.29 is 18.0 Å². The van der Waals surface area contributed by atoms with Crippen LogP contribution in [0.2, 0.25) is 0 Å². The molecule has 2 aromatic heterocycles. The van der Waals surface area contributed by atoms with Crippen molar-refractivity contribution in [3.8, 4) is 0 Å². The maximum atomic E-state index is 12.8. The summed E-state index contributed by atoms with van der Waals surface area (Å²) in [6.45, 7) is 3.60. The van der Waals surface area contributed by atoms with Crippen LogP contribution in [0.25, 0.3) is 0 Å². The summed E-state index contributed by atoms with van der Waals surface area (Å²) in [6, 6.07) is 0.575. The van der Waals surface area contributed by atoms with Gasteiger partial charge in [-0.25, -0.2) is 4.98 Å². The second-order valence-electron chi connectivity index (χ2n) is 7.59. The van der Waals surface area contributed by atoms with Crippen molar-refractivity contribution >= 4 is 23.4 Å². The molecule has 3 atom stereocenters. The maximum Gasteiger partial charge on any atom is 0.435 e. The molecule has 0 spiro atoms. The molecule has 2 aromatic rings. The number of halogens is 3. The van der Waals surface area contributed by atoms with E-state index in [4.69, 9.17) is 0 Å². The summed E-state index contributed by atoms with van der Waals surface area (Å²) < 4.78 is 39.7. The summed E-state index contributed by atoms with van der Waals surface area (Å²) >= 11 is 0. The van der Waals surface area contributed by atoms with Crippen LogP contribution in [0.3, 0.4) is 0 Å². The number of alkyl halides is 3. The van der Waals surface area contributed by atoms with Gasteiger partial charge in [-0.05, 0) is 39.2 Å². The third-order valence-electron chi connectivity index (χ3n) is 5.62. The van der Waals surface area contributed by atoms with Crippen molar-refractivity contribution in [3.63, 3.8) is 0 Å². The zero-order valence-electron chi connectivity index (χ0n) is 16.3. The third-order valence-corrected chi connectivity index (χ3v) is 5.62. The van der Waals surface area contributed by atoms with E-state index in [2.05, 4.69) is 25.7 Å². The molecule has 0 aromatic carbocycles. The number of hydrogen-bond acceptors (Lipinski definition) is 6. The molecule has 2 aliphatic rings. The second-order valence-corrected chi connectivity index (χ2v) is 7.59.